The third kappa shape index (κ3) is 7.81. The van der Waals surface area contributed by atoms with E-state index in [9.17, 15) is 4.79 Å². The second-order valence-corrected chi connectivity index (χ2v) is 6.70. The van der Waals surface area contributed by atoms with Crippen LogP contribution in [0.5, 0.6) is 5.75 Å². The molecular weight excluding hydrogens is 342 g/mol. The highest BCUT2D eigenvalue weighted by Gasteiger charge is 2.24. The van der Waals surface area contributed by atoms with Crippen LogP contribution in [-0.4, -0.2) is 38.4 Å². The molecule has 0 spiro atoms. The van der Waals surface area contributed by atoms with Gasteiger partial charge in [-0.2, -0.15) is 0 Å². The predicted molar refractivity (Wildman–Crippen MR) is 106 cm³/mol. The molecule has 2 unspecified atom stereocenters. The minimum atomic E-state index is -0.669. The Morgan fingerprint density at radius 2 is 1.67 bits per heavy atom. The first kappa shape index (κ1) is 20.9. The highest BCUT2D eigenvalue weighted by Crippen LogP contribution is 2.18. The topological polar surface area (TPSA) is 70.8 Å². The number of carbonyl (C=O) groups excluding carboxylic acids is 1. The molecule has 0 amide bonds. The maximum Gasteiger partial charge on any atom is 0.325 e. The van der Waals surface area contributed by atoms with E-state index < -0.39 is 6.04 Å². The number of esters is 1. The number of rotatable bonds is 3. The summed E-state index contributed by atoms with van der Waals surface area (Å²) in [5, 5.41) is 0. The highest BCUT2D eigenvalue weighted by molar-refractivity contribution is 5.75. The fraction of sp³-hybridized carbons (Fsp3) is 0.409. The average molecular weight is 371 g/mol. The molecule has 1 aliphatic heterocycles. The third-order valence-corrected chi connectivity index (χ3v) is 4.28. The minimum Gasteiger partial charge on any atom is -0.497 e. The molecule has 146 valence electrons. The van der Waals surface area contributed by atoms with Crippen LogP contribution in [-0.2, 0) is 20.7 Å². The van der Waals surface area contributed by atoms with Crippen LogP contribution in [0.15, 0.2) is 60.7 Å². The average Bonchev–Trinajstić information content (AvgIpc) is 2.74. The number of methoxy groups -OCH3 is 1. The summed E-state index contributed by atoms with van der Waals surface area (Å²) in [5.41, 5.74) is 6.95. The maximum atomic E-state index is 11.6. The van der Waals surface area contributed by atoms with E-state index in [4.69, 9.17) is 19.9 Å². The standard InChI is InChI=1S/C15H21NO3.C7H8O/c1-11-7-13(8-12-5-3-2-4-6-12)9-18-10-14(16)15(17)19-11;1-8-7-5-3-2-4-6-7/h2-6,11,13-14H,7-10,16H2,1H3;2-6H,1H3/t11?,13?,14-;/m0./s1. The van der Waals surface area contributed by atoms with Gasteiger partial charge in [0, 0.05) is 6.61 Å². The molecule has 2 aromatic rings. The lowest BCUT2D eigenvalue weighted by atomic mass is 9.95. The van der Waals surface area contributed by atoms with Crippen LogP contribution in [0.1, 0.15) is 18.9 Å². The van der Waals surface area contributed by atoms with Crippen LogP contribution in [0, 0.1) is 5.92 Å². The van der Waals surface area contributed by atoms with Crippen molar-refractivity contribution in [2.75, 3.05) is 20.3 Å². The first-order valence-electron chi connectivity index (χ1n) is 9.25. The summed E-state index contributed by atoms with van der Waals surface area (Å²) in [6.07, 6.45) is 1.61. The number of nitrogens with two attached hydrogens (primary N) is 1. The van der Waals surface area contributed by atoms with E-state index >= 15 is 0 Å². The molecule has 0 aliphatic carbocycles. The van der Waals surface area contributed by atoms with E-state index in [1.54, 1.807) is 7.11 Å². The molecule has 5 nitrogen and oxygen atoms in total. The van der Waals surface area contributed by atoms with Gasteiger partial charge in [-0.15, -0.1) is 0 Å². The molecule has 2 N–H and O–H groups in total. The van der Waals surface area contributed by atoms with Crippen molar-refractivity contribution in [3.05, 3.63) is 66.2 Å². The zero-order valence-electron chi connectivity index (χ0n) is 16.0. The van der Waals surface area contributed by atoms with Crippen LogP contribution < -0.4 is 10.5 Å². The summed E-state index contributed by atoms with van der Waals surface area (Å²) >= 11 is 0. The minimum absolute atomic E-state index is 0.117. The zero-order chi connectivity index (χ0) is 19.5. The maximum absolute atomic E-state index is 11.6. The van der Waals surface area contributed by atoms with Gasteiger partial charge in [-0.05, 0) is 43.4 Å². The molecule has 1 fully saturated rings. The number of carbonyl (C=O) groups is 1. The molecule has 1 aliphatic rings. The Morgan fingerprint density at radius 1 is 1.04 bits per heavy atom. The van der Waals surface area contributed by atoms with E-state index in [1.807, 2.05) is 55.5 Å². The van der Waals surface area contributed by atoms with Crippen molar-refractivity contribution in [3.63, 3.8) is 0 Å². The zero-order valence-corrected chi connectivity index (χ0v) is 16.0. The lowest BCUT2D eigenvalue weighted by Gasteiger charge is -2.19. The fourth-order valence-corrected chi connectivity index (χ4v) is 2.95. The summed E-state index contributed by atoms with van der Waals surface area (Å²) in [6, 6.07) is 19.3. The first-order valence-corrected chi connectivity index (χ1v) is 9.25. The number of para-hydroxylation sites is 1. The predicted octanol–water partition coefficient (Wildman–Crippen LogP) is 3.22. The van der Waals surface area contributed by atoms with Crippen molar-refractivity contribution in [2.45, 2.75) is 31.9 Å². The SMILES string of the molecule is CC1CC(Cc2ccccc2)COC[C@H](N)C(=O)O1.COc1ccccc1. The summed E-state index contributed by atoms with van der Waals surface area (Å²) in [4.78, 5) is 11.6. The molecule has 0 saturated carbocycles. The summed E-state index contributed by atoms with van der Waals surface area (Å²) < 4.78 is 15.8. The summed E-state index contributed by atoms with van der Waals surface area (Å²) in [6.45, 7) is 2.76. The van der Waals surface area contributed by atoms with Crippen LogP contribution in [0.3, 0.4) is 0 Å². The van der Waals surface area contributed by atoms with Crippen LogP contribution in [0.2, 0.25) is 0 Å². The van der Waals surface area contributed by atoms with Gasteiger partial charge in [0.2, 0.25) is 0 Å². The second-order valence-electron chi connectivity index (χ2n) is 6.70. The van der Waals surface area contributed by atoms with Gasteiger partial charge in [-0.3, -0.25) is 4.79 Å². The normalized spacial score (nSPS) is 22.9. The second kappa shape index (κ2) is 11.4. The van der Waals surface area contributed by atoms with Gasteiger partial charge >= 0.3 is 5.97 Å². The summed E-state index contributed by atoms with van der Waals surface area (Å²) in [7, 11) is 1.66. The molecule has 3 atom stereocenters. The Labute approximate surface area is 161 Å². The lowest BCUT2D eigenvalue weighted by Crippen LogP contribution is -2.37. The molecule has 27 heavy (non-hydrogen) atoms. The number of cyclic esters (lactones) is 1. The van der Waals surface area contributed by atoms with Gasteiger partial charge in [0.1, 0.15) is 11.8 Å². The number of ether oxygens (including phenoxy) is 3. The van der Waals surface area contributed by atoms with E-state index in [0.717, 1.165) is 18.6 Å². The van der Waals surface area contributed by atoms with Crippen LogP contribution in [0.25, 0.3) is 0 Å². The van der Waals surface area contributed by atoms with Gasteiger partial charge < -0.3 is 19.9 Å². The Hall–Kier alpha value is -2.37. The monoisotopic (exact) mass is 371 g/mol. The van der Waals surface area contributed by atoms with Gasteiger partial charge in [0.25, 0.3) is 0 Å². The van der Waals surface area contributed by atoms with E-state index in [1.165, 1.54) is 5.56 Å². The lowest BCUT2D eigenvalue weighted by molar-refractivity contribution is -0.150. The third-order valence-electron chi connectivity index (χ3n) is 4.28. The Balaban J connectivity index is 0.000000273. The van der Waals surface area contributed by atoms with Crippen molar-refractivity contribution in [2.24, 2.45) is 11.7 Å². The molecule has 1 heterocycles. The Bertz CT molecular complexity index is 663. The van der Waals surface area contributed by atoms with Crippen molar-refractivity contribution >= 4 is 5.97 Å². The largest absolute Gasteiger partial charge is 0.497 e. The van der Waals surface area contributed by atoms with Crippen LogP contribution >= 0.6 is 0 Å². The number of hydrogen-bond donors (Lipinski definition) is 1. The van der Waals surface area contributed by atoms with Crippen molar-refractivity contribution in [1.82, 2.24) is 0 Å². The molecule has 1 saturated heterocycles. The van der Waals surface area contributed by atoms with Crippen molar-refractivity contribution in [1.29, 1.82) is 0 Å². The van der Waals surface area contributed by atoms with Crippen LogP contribution in [0.4, 0.5) is 0 Å². The molecule has 0 bridgehead atoms. The van der Waals surface area contributed by atoms with Gasteiger partial charge in [-0.25, -0.2) is 0 Å². The quantitative estimate of drug-likeness (QED) is 0.839. The molecule has 0 radical (unpaired) electrons. The molecule has 2 aromatic carbocycles. The van der Waals surface area contributed by atoms with Gasteiger partial charge in [-0.1, -0.05) is 48.5 Å². The van der Waals surface area contributed by atoms with Gasteiger partial charge in [0.15, 0.2) is 0 Å². The molecule has 5 heteroatoms. The van der Waals surface area contributed by atoms with Crippen molar-refractivity contribution < 1.29 is 19.0 Å². The van der Waals surface area contributed by atoms with Crippen molar-refractivity contribution in [3.8, 4) is 5.75 Å². The van der Waals surface area contributed by atoms with E-state index in [-0.39, 0.29) is 18.7 Å². The molecular formula is C22H29NO4. The van der Waals surface area contributed by atoms with E-state index in [0.29, 0.717) is 12.5 Å². The fourth-order valence-electron chi connectivity index (χ4n) is 2.95. The first-order chi connectivity index (χ1) is 13.1. The highest BCUT2D eigenvalue weighted by atomic mass is 16.5. The number of benzene rings is 2. The van der Waals surface area contributed by atoms with Gasteiger partial charge in [0.05, 0.1) is 19.8 Å². The molecule has 0 aromatic heterocycles. The smallest absolute Gasteiger partial charge is 0.325 e. The Kier molecular flexibility index (Phi) is 8.81. The van der Waals surface area contributed by atoms with E-state index in [2.05, 4.69) is 12.1 Å². The number of hydrogen-bond acceptors (Lipinski definition) is 5. The molecule has 3 rings (SSSR count). The summed E-state index contributed by atoms with van der Waals surface area (Å²) in [5.74, 6) is 0.885. The Morgan fingerprint density at radius 3 is 2.26 bits per heavy atom.